The van der Waals surface area contributed by atoms with Gasteiger partial charge < -0.3 is 10.8 Å². The van der Waals surface area contributed by atoms with Crippen LogP contribution >= 0.6 is 0 Å². The molecule has 1 heterocycles. The topological polar surface area (TPSA) is 49.5 Å². The standard InChI is InChI=1S/C16H32N2O/c1-11-5-14(6-11)18-9-12(7-13(17)10-18)8-15(19)16(2,3)4/h11-15,19H,5-10,17H2,1-4H3. The number of nitrogens with zero attached hydrogens (tertiary/aromatic N) is 1. The maximum Gasteiger partial charge on any atom is 0.0591 e. The molecular formula is C16H32N2O. The molecule has 1 saturated heterocycles. The van der Waals surface area contributed by atoms with Crippen molar-refractivity contribution in [3.8, 4) is 0 Å². The largest absolute Gasteiger partial charge is 0.393 e. The van der Waals surface area contributed by atoms with Crippen LogP contribution in [0.2, 0.25) is 0 Å². The van der Waals surface area contributed by atoms with Gasteiger partial charge in [0.05, 0.1) is 6.10 Å². The van der Waals surface area contributed by atoms with Gasteiger partial charge in [0.15, 0.2) is 0 Å². The van der Waals surface area contributed by atoms with Gasteiger partial charge in [0.2, 0.25) is 0 Å². The first-order valence-corrected chi connectivity index (χ1v) is 7.93. The maximum absolute atomic E-state index is 10.3. The zero-order chi connectivity index (χ0) is 14.2. The average Bonchev–Trinajstić information content (AvgIpc) is 2.22. The fraction of sp³-hybridized carbons (Fsp3) is 1.00. The van der Waals surface area contributed by atoms with Crippen LogP contribution in [0.5, 0.6) is 0 Å². The maximum atomic E-state index is 10.3. The van der Waals surface area contributed by atoms with Crippen LogP contribution in [0.1, 0.15) is 53.4 Å². The van der Waals surface area contributed by atoms with E-state index in [9.17, 15) is 5.11 Å². The molecular weight excluding hydrogens is 236 g/mol. The number of hydrogen-bond donors (Lipinski definition) is 2. The van der Waals surface area contributed by atoms with Gasteiger partial charge in [-0.25, -0.2) is 0 Å². The molecule has 3 nitrogen and oxygen atoms in total. The van der Waals surface area contributed by atoms with Crippen LogP contribution < -0.4 is 5.73 Å². The molecule has 0 amide bonds. The highest BCUT2D eigenvalue weighted by molar-refractivity contribution is 4.92. The highest BCUT2D eigenvalue weighted by Gasteiger charge is 2.37. The molecule has 0 aromatic rings. The van der Waals surface area contributed by atoms with E-state index in [1.165, 1.54) is 12.8 Å². The minimum atomic E-state index is -0.218. The molecule has 112 valence electrons. The number of piperidine rings is 1. The Morgan fingerprint density at radius 2 is 1.84 bits per heavy atom. The second kappa shape index (κ2) is 5.71. The summed E-state index contributed by atoms with van der Waals surface area (Å²) in [5.74, 6) is 1.45. The summed E-state index contributed by atoms with van der Waals surface area (Å²) < 4.78 is 0. The molecule has 3 atom stereocenters. The molecule has 19 heavy (non-hydrogen) atoms. The normalized spacial score (nSPS) is 38.8. The van der Waals surface area contributed by atoms with Crippen LogP contribution in [0.4, 0.5) is 0 Å². The van der Waals surface area contributed by atoms with E-state index in [-0.39, 0.29) is 11.5 Å². The SMILES string of the molecule is CC1CC(N2CC(N)CC(CC(O)C(C)(C)C)C2)C1. The lowest BCUT2D eigenvalue weighted by atomic mass is 9.77. The number of likely N-dealkylation sites (tertiary alicyclic amines) is 1. The van der Waals surface area contributed by atoms with E-state index in [4.69, 9.17) is 5.73 Å². The van der Waals surface area contributed by atoms with E-state index >= 15 is 0 Å². The van der Waals surface area contributed by atoms with Gasteiger partial charge >= 0.3 is 0 Å². The predicted octanol–water partition coefficient (Wildman–Crippen LogP) is 2.23. The van der Waals surface area contributed by atoms with Crippen LogP contribution in [-0.4, -0.2) is 41.3 Å². The highest BCUT2D eigenvalue weighted by atomic mass is 16.3. The van der Waals surface area contributed by atoms with Gasteiger partial charge in [0, 0.05) is 25.2 Å². The first-order valence-electron chi connectivity index (χ1n) is 7.93. The van der Waals surface area contributed by atoms with Crippen molar-refractivity contribution in [3.63, 3.8) is 0 Å². The molecule has 0 aromatic heterocycles. The molecule has 1 saturated carbocycles. The van der Waals surface area contributed by atoms with Gasteiger partial charge in [-0.05, 0) is 42.9 Å². The second-order valence-corrected chi connectivity index (χ2v) is 8.16. The second-order valence-electron chi connectivity index (χ2n) is 8.16. The van der Waals surface area contributed by atoms with Gasteiger partial charge in [0.1, 0.15) is 0 Å². The van der Waals surface area contributed by atoms with Crippen LogP contribution in [0.3, 0.4) is 0 Å². The fourth-order valence-corrected chi connectivity index (χ4v) is 3.58. The molecule has 3 unspecified atom stereocenters. The minimum Gasteiger partial charge on any atom is -0.393 e. The van der Waals surface area contributed by atoms with E-state index in [1.807, 2.05) is 0 Å². The molecule has 2 fully saturated rings. The first kappa shape index (κ1) is 15.3. The molecule has 2 aliphatic rings. The Morgan fingerprint density at radius 1 is 1.21 bits per heavy atom. The van der Waals surface area contributed by atoms with Crippen LogP contribution in [-0.2, 0) is 0 Å². The number of hydrogen-bond acceptors (Lipinski definition) is 3. The summed E-state index contributed by atoms with van der Waals surface area (Å²) in [5.41, 5.74) is 6.21. The van der Waals surface area contributed by atoms with E-state index < -0.39 is 0 Å². The van der Waals surface area contributed by atoms with Gasteiger partial charge in [-0.3, -0.25) is 4.90 Å². The minimum absolute atomic E-state index is 0.0165. The van der Waals surface area contributed by atoms with Gasteiger partial charge in [-0.15, -0.1) is 0 Å². The zero-order valence-corrected chi connectivity index (χ0v) is 13.1. The fourth-order valence-electron chi connectivity index (χ4n) is 3.58. The predicted molar refractivity (Wildman–Crippen MR) is 79.9 cm³/mol. The molecule has 2 rings (SSSR count). The summed E-state index contributed by atoms with van der Waals surface area (Å²) in [7, 11) is 0. The summed E-state index contributed by atoms with van der Waals surface area (Å²) in [6, 6.07) is 1.05. The van der Waals surface area contributed by atoms with Crippen molar-refractivity contribution in [2.24, 2.45) is 23.0 Å². The smallest absolute Gasteiger partial charge is 0.0591 e. The zero-order valence-electron chi connectivity index (χ0n) is 13.1. The van der Waals surface area contributed by atoms with Crippen molar-refractivity contribution in [2.75, 3.05) is 13.1 Å². The Balaban J connectivity index is 1.87. The third-order valence-electron chi connectivity index (χ3n) is 5.02. The number of rotatable bonds is 3. The van der Waals surface area contributed by atoms with Crippen molar-refractivity contribution >= 4 is 0 Å². The van der Waals surface area contributed by atoms with E-state index in [0.29, 0.717) is 12.0 Å². The number of nitrogens with two attached hydrogens (primary N) is 1. The lowest BCUT2D eigenvalue weighted by molar-refractivity contribution is 0.000424. The molecule has 1 aliphatic heterocycles. The third kappa shape index (κ3) is 3.93. The van der Waals surface area contributed by atoms with Gasteiger partial charge in [0.25, 0.3) is 0 Å². The van der Waals surface area contributed by atoms with Crippen LogP contribution in [0.25, 0.3) is 0 Å². The molecule has 3 N–H and O–H groups in total. The Bertz CT molecular complexity index is 294. The van der Waals surface area contributed by atoms with Crippen molar-refractivity contribution in [2.45, 2.75) is 71.6 Å². The van der Waals surface area contributed by atoms with Crippen molar-refractivity contribution in [1.82, 2.24) is 4.90 Å². The van der Waals surface area contributed by atoms with E-state index in [2.05, 4.69) is 32.6 Å². The molecule has 0 radical (unpaired) electrons. The van der Waals surface area contributed by atoms with E-state index in [1.54, 1.807) is 0 Å². The van der Waals surface area contributed by atoms with Crippen molar-refractivity contribution < 1.29 is 5.11 Å². The summed E-state index contributed by atoms with van der Waals surface area (Å²) >= 11 is 0. The molecule has 0 spiro atoms. The summed E-state index contributed by atoms with van der Waals surface area (Å²) in [5, 5.41) is 10.3. The summed E-state index contributed by atoms with van der Waals surface area (Å²) in [6.45, 7) is 10.9. The quantitative estimate of drug-likeness (QED) is 0.825. The van der Waals surface area contributed by atoms with Crippen molar-refractivity contribution in [3.05, 3.63) is 0 Å². The van der Waals surface area contributed by atoms with Crippen LogP contribution in [0.15, 0.2) is 0 Å². The summed E-state index contributed by atoms with van der Waals surface area (Å²) in [6.07, 6.45) is 4.43. The third-order valence-corrected chi connectivity index (χ3v) is 5.02. The number of aliphatic hydroxyl groups excluding tert-OH is 1. The molecule has 1 aliphatic carbocycles. The highest BCUT2D eigenvalue weighted by Crippen LogP contribution is 2.35. The van der Waals surface area contributed by atoms with Crippen molar-refractivity contribution in [1.29, 1.82) is 0 Å². The van der Waals surface area contributed by atoms with Gasteiger partial charge in [-0.2, -0.15) is 0 Å². The molecule has 3 heteroatoms. The number of aliphatic hydroxyl groups is 1. The Labute approximate surface area is 118 Å². The lowest BCUT2D eigenvalue weighted by Gasteiger charge is -2.47. The molecule has 0 aromatic carbocycles. The lowest BCUT2D eigenvalue weighted by Crippen LogP contribution is -2.55. The van der Waals surface area contributed by atoms with Gasteiger partial charge in [-0.1, -0.05) is 27.7 Å². The summed E-state index contributed by atoms with van der Waals surface area (Å²) in [4.78, 5) is 2.59. The first-order chi connectivity index (χ1) is 8.75. The Hall–Kier alpha value is -0.120. The van der Waals surface area contributed by atoms with Crippen LogP contribution in [0, 0.1) is 17.3 Å². The average molecular weight is 268 g/mol. The monoisotopic (exact) mass is 268 g/mol. The Kier molecular flexibility index (Phi) is 4.59. The Morgan fingerprint density at radius 3 is 2.37 bits per heavy atom. The van der Waals surface area contributed by atoms with E-state index in [0.717, 1.165) is 37.9 Å². The molecule has 0 bridgehead atoms.